The number of alkyl halides is 6. The zero-order chi connectivity index (χ0) is 23.9. The van der Waals surface area contributed by atoms with E-state index in [1.165, 1.54) is 11.2 Å². The second-order valence-electron chi connectivity index (χ2n) is 6.02. The van der Waals surface area contributed by atoms with Crippen LogP contribution >= 0.6 is 7.60 Å². The normalized spacial score (nSPS) is 13.2. The van der Waals surface area contributed by atoms with E-state index >= 15 is 0 Å². The first-order valence-corrected chi connectivity index (χ1v) is 9.90. The summed E-state index contributed by atoms with van der Waals surface area (Å²) < 4.78 is 113. The summed E-state index contributed by atoms with van der Waals surface area (Å²) in [5.74, 6) is -1.48. The van der Waals surface area contributed by atoms with E-state index in [0.29, 0.717) is 4.57 Å². The van der Waals surface area contributed by atoms with E-state index < -0.39 is 70.0 Å². The molecule has 9 nitrogen and oxygen atoms in total. The van der Waals surface area contributed by atoms with Gasteiger partial charge in [-0.25, -0.2) is 14.2 Å². The molecule has 0 atom stereocenters. The minimum atomic E-state index is -4.98. The first-order valence-electron chi connectivity index (χ1n) is 8.17. The molecule has 1 aromatic heterocycles. The van der Waals surface area contributed by atoms with Crippen molar-refractivity contribution in [2.75, 3.05) is 40.3 Å². The fourth-order valence-electron chi connectivity index (χ4n) is 1.67. The van der Waals surface area contributed by atoms with Crippen molar-refractivity contribution in [3.8, 4) is 0 Å². The Balaban J connectivity index is 2.74. The first kappa shape index (κ1) is 27.0. The molecule has 0 saturated carbocycles. The molecular formula is C14H18F7N4O5P. The predicted molar refractivity (Wildman–Crippen MR) is 92.7 cm³/mol. The van der Waals surface area contributed by atoms with Crippen molar-refractivity contribution in [3.05, 3.63) is 22.5 Å². The Morgan fingerprint density at radius 1 is 1.16 bits per heavy atom. The highest BCUT2D eigenvalue weighted by atomic mass is 31.2. The molecule has 0 fully saturated rings. The molecule has 1 rings (SSSR count). The highest BCUT2D eigenvalue weighted by Crippen LogP contribution is 2.50. The van der Waals surface area contributed by atoms with Crippen LogP contribution in [0.1, 0.15) is 0 Å². The molecule has 178 valence electrons. The molecule has 0 aromatic carbocycles. The van der Waals surface area contributed by atoms with Gasteiger partial charge in [-0.15, -0.1) is 0 Å². The molecule has 0 unspecified atom stereocenters. The summed E-state index contributed by atoms with van der Waals surface area (Å²) in [5.41, 5.74) is -0.958. The molecule has 17 heteroatoms. The average molecular weight is 486 g/mol. The number of rotatable bonds is 11. The minimum absolute atomic E-state index is 0.418. The van der Waals surface area contributed by atoms with Crippen molar-refractivity contribution >= 4 is 19.8 Å². The van der Waals surface area contributed by atoms with Crippen molar-refractivity contribution in [2.45, 2.75) is 18.9 Å². The molecule has 31 heavy (non-hydrogen) atoms. The third kappa shape index (κ3) is 11.2. The van der Waals surface area contributed by atoms with Gasteiger partial charge in [0, 0.05) is 20.3 Å². The van der Waals surface area contributed by atoms with E-state index in [9.17, 15) is 40.1 Å². The standard InChI is InChI=1S/C14H18F7N4O5P/c1-24(2)8-22-11-10(15)5-25(12(26)23-11)3-4-28-9-31(27,29-6-13(16,17)18)30-7-14(19,20)21/h5,8H,3-4,6-7,9H2,1-2H3. The van der Waals surface area contributed by atoms with Crippen LogP contribution in [0.2, 0.25) is 0 Å². The summed E-state index contributed by atoms with van der Waals surface area (Å²) in [6.45, 7) is -5.24. The van der Waals surface area contributed by atoms with Gasteiger partial charge in [0.25, 0.3) is 0 Å². The molecule has 0 aliphatic carbocycles. The maximum absolute atomic E-state index is 13.9. The highest BCUT2D eigenvalue weighted by Gasteiger charge is 2.38. The van der Waals surface area contributed by atoms with Crippen LogP contribution in [0.5, 0.6) is 0 Å². The minimum Gasteiger partial charge on any atom is -0.369 e. The molecular weight excluding hydrogens is 468 g/mol. The zero-order valence-electron chi connectivity index (χ0n) is 16.1. The van der Waals surface area contributed by atoms with Crippen molar-refractivity contribution in [2.24, 2.45) is 4.99 Å². The number of hydrogen-bond acceptors (Lipinski definition) is 7. The Kier molecular flexibility index (Phi) is 9.60. The van der Waals surface area contributed by atoms with E-state index in [4.69, 9.17) is 4.74 Å². The van der Waals surface area contributed by atoms with Crippen molar-refractivity contribution in [1.82, 2.24) is 14.5 Å². The maximum Gasteiger partial charge on any atom is 0.412 e. The van der Waals surface area contributed by atoms with Gasteiger partial charge in [0.15, 0.2) is 24.8 Å². The third-order valence-electron chi connectivity index (χ3n) is 2.92. The van der Waals surface area contributed by atoms with Crippen molar-refractivity contribution < 1.29 is 49.1 Å². The molecule has 0 spiro atoms. The van der Waals surface area contributed by atoms with Crippen LogP contribution in [0.25, 0.3) is 0 Å². The number of hydrogen-bond donors (Lipinski definition) is 0. The van der Waals surface area contributed by atoms with Gasteiger partial charge in [0.1, 0.15) is 6.35 Å². The Labute approximate surface area is 171 Å². The summed E-state index contributed by atoms with van der Waals surface area (Å²) in [6, 6.07) is 0. The molecule has 1 heterocycles. The fraction of sp³-hybridized carbons (Fsp3) is 0.643. The lowest BCUT2D eigenvalue weighted by Gasteiger charge is -2.20. The molecule has 1 aromatic rings. The van der Waals surface area contributed by atoms with Gasteiger partial charge < -0.3 is 9.64 Å². The van der Waals surface area contributed by atoms with Gasteiger partial charge in [-0.1, -0.05) is 0 Å². The second-order valence-corrected chi connectivity index (χ2v) is 8.02. The SMILES string of the molecule is CN(C)C=Nc1nc(=O)n(CCOCP(=O)(OCC(F)(F)F)OCC(F)(F)F)cc1F. The van der Waals surface area contributed by atoms with Crippen LogP contribution in [0, 0.1) is 5.82 Å². The number of ether oxygens (including phenoxy) is 1. The van der Waals surface area contributed by atoms with E-state index in [2.05, 4.69) is 19.0 Å². The topological polar surface area (TPSA) is 95.2 Å². The molecule has 0 N–H and O–H groups in total. The Hall–Kier alpha value is -2.03. The monoisotopic (exact) mass is 486 g/mol. The van der Waals surface area contributed by atoms with Gasteiger partial charge in [0.05, 0.1) is 19.5 Å². The van der Waals surface area contributed by atoms with E-state index in [1.54, 1.807) is 14.1 Å². The largest absolute Gasteiger partial charge is 0.412 e. The quantitative estimate of drug-likeness (QED) is 0.156. The molecule has 0 amide bonds. The zero-order valence-corrected chi connectivity index (χ0v) is 17.0. The lowest BCUT2D eigenvalue weighted by molar-refractivity contribution is -0.166. The summed E-state index contributed by atoms with van der Waals surface area (Å²) in [4.78, 5) is 20.3. The van der Waals surface area contributed by atoms with E-state index in [1.807, 2.05) is 0 Å². The smallest absolute Gasteiger partial charge is 0.369 e. The Morgan fingerprint density at radius 3 is 2.19 bits per heavy atom. The van der Waals surface area contributed by atoms with Gasteiger partial charge in [-0.3, -0.25) is 18.2 Å². The molecule has 0 bridgehead atoms. The third-order valence-corrected chi connectivity index (χ3v) is 4.46. The number of aliphatic imine (C=N–C) groups is 1. The summed E-state index contributed by atoms with van der Waals surface area (Å²) >= 11 is 0. The molecule has 0 aliphatic rings. The van der Waals surface area contributed by atoms with E-state index in [0.717, 1.165) is 6.20 Å². The summed E-state index contributed by atoms with van der Waals surface area (Å²) in [5, 5.41) is 0. The van der Waals surface area contributed by atoms with Crippen LogP contribution in [-0.2, 0) is 24.9 Å². The highest BCUT2D eigenvalue weighted by molar-refractivity contribution is 7.53. The van der Waals surface area contributed by atoms with Crippen molar-refractivity contribution in [3.63, 3.8) is 0 Å². The van der Waals surface area contributed by atoms with Crippen LogP contribution in [0.4, 0.5) is 36.6 Å². The second kappa shape index (κ2) is 11.0. The summed E-state index contributed by atoms with van der Waals surface area (Å²) in [6.07, 6.45) is -9.32. The molecule has 0 radical (unpaired) electrons. The fourth-order valence-corrected chi connectivity index (χ4v) is 2.94. The van der Waals surface area contributed by atoms with Gasteiger partial charge in [0.2, 0.25) is 0 Å². The van der Waals surface area contributed by atoms with Gasteiger partial charge in [-0.05, 0) is 0 Å². The Morgan fingerprint density at radius 2 is 1.71 bits per heavy atom. The molecule has 0 aliphatic heterocycles. The number of halogens is 7. The van der Waals surface area contributed by atoms with Crippen LogP contribution < -0.4 is 5.69 Å². The number of aromatic nitrogens is 2. The molecule has 0 saturated heterocycles. The summed E-state index contributed by atoms with van der Waals surface area (Å²) in [7, 11) is -1.76. The van der Waals surface area contributed by atoms with Crippen LogP contribution in [-0.4, -0.2) is 73.4 Å². The predicted octanol–water partition coefficient (Wildman–Crippen LogP) is 2.93. The van der Waals surface area contributed by atoms with Gasteiger partial charge in [-0.2, -0.15) is 31.3 Å². The Bertz CT molecular complexity index is 835. The number of nitrogens with zero attached hydrogens (tertiary/aromatic N) is 4. The van der Waals surface area contributed by atoms with E-state index in [-0.39, 0.29) is 0 Å². The lowest BCUT2D eigenvalue weighted by atomic mass is 10.5. The van der Waals surface area contributed by atoms with Crippen LogP contribution in [0.15, 0.2) is 16.0 Å². The van der Waals surface area contributed by atoms with Gasteiger partial charge >= 0.3 is 25.6 Å². The first-order chi connectivity index (χ1) is 14.1. The van der Waals surface area contributed by atoms with Crippen LogP contribution in [0.3, 0.4) is 0 Å². The average Bonchev–Trinajstić information content (AvgIpc) is 2.62. The lowest BCUT2D eigenvalue weighted by Crippen LogP contribution is -2.25. The van der Waals surface area contributed by atoms with Crippen molar-refractivity contribution in [1.29, 1.82) is 0 Å². The maximum atomic E-state index is 13.9.